The molecular weight excluding hydrogens is 478 g/mol. The molecule has 3 fully saturated rings. The zero-order chi connectivity index (χ0) is 25.1. The first-order chi connectivity index (χ1) is 16.9. The molecule has 3 aliphatic rings. The molecule has 188 valence electrons. The van der Waals surface area contributed by atoms with E-state index in [1.807, 2.05) is 24.8 Å². The Balaban J connectivity index is 1.81. The lowest BCUT2D eigenvalue weighted by Gasteiger charge is -2.37. The number of anilines is 1. The molecule has 1 aromatic rings. The summed E-state index contributed by atoms with van der Waals surface area (Å²) in [5.41, 5.74) is 1.35. The number of likely N-dealkylation sites (N-methyl/N-ethyl adjacent to an activating group) is 1. The van der Waals surface area contributed by atoms with E-state index in [0.717, 1.165) is 76.2 Å². The fraction of sp³-hybridized carbons (Fsp3) is 0.615. The maximum absolute atomic E-state index is 13.5. The number of hydrogen-bond donors (Lipinski definition) is 0. The van der Waals surface area contributed by atoms with Gasteiger partial charge in [-0.1, -0.05) is 57.1 Å². The highest BCUT2D eigenvalue weighted by Crippen LogP contribution is 2.39. The summed E-state index contributed by atoms with van der Waals surface area (Å²) < 4.78 is 2.37. The van der Waals surface area contributed by atoms with Crippen molar-refractivity contribution in [3.63, 3.8) is 0 Å². The molecule has 0 radical (unpaired) electrons. The molecule has 0 N–H and O–H groups in total. The van der Waals surface area contributed by atoms with E-state index in [4.69, 9.17) is 12.2 Å². The van der Waals surface area contributed by atoms with Gasteiger partial charge in [0, 0.05) is 44.3 Å². The first-order valence-electron chi connectivity index (χ1n) is 12.8. The molecule has 1 aromatic heterocycles. The van der Waals surface area contributed by atoms with Crippen LogP contribution in [0.4, 0.5) is 5.82 Å². The monoisotopic (exact) mass is 513 g/mol. The minimum Gasteiger partial charge on any atom is -0.355 e. The Morgan fingerprint density at radius 1 is 1.11 bits per heavy atom. The third-order valence-corrected chi connectivity index (χ3v) is 8.78. The van der Waals surface area contributed by atoms with Crippen molar-refractivity contribution in [2.45, 2.75) is 71.9 Å². The summed E-state index contributed by atoms with van der Waals surface area (Å²) in [6.07, 6.45) is 8.12. The van der Waals surface area contributed by atoms with Crippen LogP contribution < -0.4 is 10.5 Å². The fourth-order valence-corrected chi connectivity index (χ4v) is 6.84. The van der Waals surface area contributed by atoms with Crippen LogP contribution in [0.5, 0.6) is 0 Å². The highest BCUT2D eigenvalue weighted by atomic mass is 32.2. The van der Waals surface area contributed by atoms with E-state index in [2.05, 4.69) is 22.8 Å². The molecule has 3 heterocycles. The molecule has 7 nitrogen and oxygen atoms in total. The van der Waals surface area contributed by atoms with Crippen LogP contribution in [0.2, 0.25) is 0 Å². The van der Waals surface area contributed by atoms with Gasteiger partial charge < -0.3 is 9.80 Å². The van der Waals surface area contributed by atoms with Gasteiger partial charge in [0.05, 0.1) is 4.91 Å². The maximum Gasteiger partial charge on any atom is 0.270 e. The molecule has 1 aliphatic carbocycles. The van der Waals surface area contributed by atoms with E-state index < -0.39 is 0 Å². The van der Waals surface area contributed by atoms with Gasteiger partial charge in [0.15, 0.2) is 0 Å². The highest BCUT2D eigenvalue weighted by Gasteiger charge is 2.38. The van der Waals surface area contributed by atoms with Gasteiger partial charge in [-0.25, -0.2) is 0 Å². The van der Waals surface area contributed by atoms with Gasteiger partial charge in [-0.2, -0.15) is 5.26 Å². The SMILES string of the molecule is CCCn1c(N2CCN(CC)CC2)c(C=C2SC(=S)N(C3CCCCC3)C2=O)c(C)c(C#N)c1=O. The average Bonchev–Trinajstić information content (AvgIpc) is 3.15. The molecule has 9 heteroatoms. The van der Waals surface area contributed by atoms with Gasteiger partial charge in [0.2, 0.25) is 0 Å². The van der Waals surface area contributed by atoms with Crippen LogP contribution in [0.1, 0.15) is 69.1 Å². The molecule has 0 spiro atoms. The minimum absolute atomic E-state index is 0.0419. The van der Waals surface area contributed by atoms with Gasteiger partial charge in [-0.3, -0.25) is 19.1 Å². The standard InChI is InChI=1S/C26H35N5O2S2/c1-4-11-30-23(29-14-12-28(5-2)13-15-29)20(18(3)21(17-27)24(30)32)16-22-25(33)31(26(34)35-22)19-9-7-6-8-10-19/h16,19H,4-15H2,1-3H3. The summed E-state index contributed by atoms with van der Waals surface area (Å²) >= 11 is 7.00. The predicted octanol–water partition coefficient (Wildman–Crippen LogP) is 4.11. The van der Waals surface area contributed by atoms with E-state index in [-0.39, 0.29) is 23.1 Å². The lowest BCUT2D eigenvalue weighted by atomic mass is 9.94. The number of thioether (sulfide) groups is 1. The molecule has 2 saturated heterocycles. The van der Waals surface area contributed by atoms with Gasteiger partial charge in [-0.05, 0) is 44.4 Å². The van der Waals surface area contributed by atoms with Gasteiger partial charge >= 0.3 is 0 Å². The predicted molar refractivity (Wildman–Crippen MR) is 147 cm³/mol. The van der Waals surface area contributed by atoms with Crippen molar-refractivity contribution in [2.24, 2.45) is 0 Å². The second kappa shape index (κ2) is 11.3. The number of carbonyl (C=O) groups is 1. The fourth-order valence-electron chi connectivity index (χ4n) is 5.46. The van der Waals surface area contributed by atoms with Crippen molar-refractivity contribution in [2.75, 3.05) is 37.6 Å². The lowest BCUT2D eigenvalue weighted by Crippen LogP contribution is -2.48. The molecule has 2 aliphatic heterocycles. The summed E-state index contributed by atoms with van der Waals surface area (Å²) in [5.74, 6) is 0.784. The lowest BCUT2D eigenvalue weighted by molar-refractivity contribution is -0.124. The molecule has 1 amide bonds. The van der Waals surface area contributed by atoms with Crippen molar-refractivity contribution in [1.29, 1.82) is 5.26 Å². The Bertz CT molecular complexity index is 1120. The molecule has 0 atom stereocenters. The van der Waals surface area contributed by atoms with E-state index in [1.165, 1.54) is 18.2 Å². The Kier molecular flexibility index (Phi) is 8.35. The molecule has 0 unspecified atom stereocenters. The zero-order valence-corrected chi connectivity index (χ0v) is 22.6. The van der Waals surface area contributed by atoms with Crippen LogP contribution in [0.25, 0.3) is 6.08 Å². The first kappa shape index (κ1) is 25.9. The second-order valence-corrected chi connectivity index (χ2v) is 11.2. The van der Waals surface area contributed by atoms with Crippen LogP contribution in [0, 0.1) is 18.3 Å². The second-order valence-electron chi connectivity index (χ2n) is 9.57. The number of aromatic nitrogens is 1. The molecule has 0 aromatic carbocycles. The molecule has 0 bridgehead atoms. The molecule has 4 rings (SSSR count). The summed E-state index contributed by atoms with van der Waals surface area (Å²) in [6.45, 7) is 11.0. The van der Waals surface area contributed by atoms with Crippen molar-refractivity contribution < 1.29 is 4.79 Å². The van der Waals surface area contributed by atoms with Crippen molar-refractivity contribution in [3.8, 4) is 6.07 Å². The third kappa shape index (κ3) is 5.07. The van der Waals surface area contributed by atoms with Crippen molar-refractivity contribution in [1.82, 2.24) is 14.4 Å². The van der Waals surface area contributed by atoms with Gasteiger partial charge in [-0.15, -0.1) is 0 Å². The number of nitrogens with zero attached hydrogens (tertiary/aromatic N) is 5. The summed E-state index contributed by atoms with van der Waals surface area (Å²) in [5, 5.41) is 9.85. The first-order valence-corrected chi connectivity index (χ1v) is 14.1. The largest absolute Gasteiger partial charge is 0.355 e. The topological polar surface area (TPSA) is 72.6 Å². The van der Waals surface area contributed by atoms with E-state index >= 15 is 0 Å². The minimum atomic E-state index is -0.244. The van der Waals surface area contributed by atoms with Gasteiger partial charge in [0.1, 0.15) is 21.8 Å². The quantitative estimate of drug-likeness (QED) is 0.419. The number of nitriles is 1. The molecule has 1 saturated carbocycles. The number of pyridine rings is 1. The Labute approximate surface area is 217 Å². The Morgan fingerprint density at radius 3 is 2.40 bits per heavy atom. The molecular formula is C26H35N5O2S2. The highest BCUT2D eigenvalue weighted by molar-refractivity contribution is 8.26. The van der Waals surface area contributed by atoms with Crippen LogP contribution in [-0.4, -0.2) is 63.4 Å². The van der Waals surface area contributed by atoms with E-state index in [1.54, 1.807) is 4.57 Å². The Morgan fingerprint density at radius 2 is 1.80 bits per heavy atom. The van der Waals surface area contributed by atoms with Crippen molar-refractivity contribution >= 4 is 46.1 Å². The molecule has 35 heavy (non-hydrogen) atoms. The normalized spacial score (nSPS) is 21.3. The number of rotatable bonds is 6. The number of thiocarbonyl (C=S) groups is 1. The summed E-state index contributed by atoms with van der Waals surface area (Å²) in [4.78, 5) is 33.9. The van der Waals surface area contributed by atoms with E-state index in [0.29, 0.717) is 21.3 Å². The third-order valence-electron chi connectivity index (χ3n) is 7.45. The number of amides is 1. The average molecular weight is 514 g/mol. The van der Waals surface area contributed by atoms with Crippen LogP contribution in [0.15, 0.2) is 9.70 Å². The van der Waals surface area contributed by atoms with Crippen molar-refractivity contribution in [3.05, 3.63) is 31.9 Å². The zero-order valence-electron chi connectivity index (χ0n) is 21.0. The summed E-state index contributed by atoms with van der Waals surface area (Å²) in [6, 6.07) is 2.31. The number of carbonyl (C=O) groups excluding carboxylic acids is 1. The van der Waals surface area contributed by atoms with E-state index in [9.17, 15) is 14.9 Å². The van der Waals surface area contributed by atoms with Crippen LogP contribution in [0.3, 0.4) is 0 Å². The van der Waals surface area contributed by atoms with Gasteiger partial charge in [0.25, 0.3) is 11.5 Å². The summed E-state index contributed by atoms with van der Waals surface area (Å²) in [7, 11) is 0. The number of piperazine rings is 1. The number of hydrogen-bond acceptors (Lipinski definition) is 7. The van der Waals surface area contributed by atoms with Crippen LogP contribution >= 0.6 is 24.0 Å². The maximum atomic E-state index is 13.5. The van der Waals surface area contributed by atoms with Crippen LogP contribution in [-0.2, 0) is 11.3 Å². The Hall–Kier alpha value is -2.15. The smallest absolute Gasteiger partial charge is 0.270 e.